The van der Waals surface area contributed by atoms with Crippen LogP contribution in [0.1, 0.15) is 30.5 Å². The van der Waals surface area contributed by atoms with Crippen molar-refractivity contribution in [3.63, 3.8) is 0 Å². The highest BCUT2D eigenvalue weighted by Gasteiger charge is 2.13. The van der Waals surface area contributed by atoms with Crippen molar-refractivity contribution in [2.24, 2.45) is 0 Å². The standard InChI is InChI=1S/C11H17P/c1-8-5-9(2)7-10(6-8)11(3,4)12/h5-7H,12H2,1-4H3. The Labute approximate surface area is 77.6 Å². The van der Waals surface area contributed by atoms with Gasteiger partial charge in [0.2, 0.25) is 0 Å². The van der Waals surface area contributed by atoms with E-state index in [1.54, 1.807) is 0 Å². The molecule has 0 nitrogen and oxygen atoms in total. The van der Waals surface area contributed by atoms with Crippen molar-refractivity contribution in [2.45, 2.75) is 32.9 Å². The second-order valence-corrected chi connectivity index (χ2v) is 5.54. The van der Waals surface area contributed by atoms with Gasteiger partial charge in [0.05, 0.1) is 0 Å². The van der Waals surface area contributed by atoms with Crippen molar-refractivity contribution in [3.05, 3.63) is 34.9 Å². The molecule has 1 rings (SSSR count). The lowest BCUT2D eigenvalue weighted by Gasteiger charge is -2.19. The van der Waals surface area contributed by atoms with Gasteiger partial charge in [-0.1, -0.05) is 43.2 Å². The maximum atomic E-state index is 2.88. The molecule has 0 fully saturated rings. The summed E-state index contributed by atoms with van der Waals surface area (Å²) in [6.07, 6.45) is 0. The molecule has 66 valence electrons. The molecule has 0 aromatic heterocycles. The van der Waals surface area contributed by atoms with E-state index in [0.29, 0.717) is 0 Å². The molecule has 0 N–H and O–H groups in total. The lowest BCUT2D eigenvalue weighted by molar-refractivity contribution is 0.780. The number of aryl methyl sites for hydroxylation is 2. The van der Waals surface area contributed by atoms with E-state index in [2.05, 4.69) is 55.1 Å². The summed E-state index contributed by atoms with van der Waals surface area (Å²) in [4.78, 5) is 0. The van der Waals surface area contributed by atoms with Gasteiger partial charge < -0.3 is 0 Å². The average molecular weight is 180 g/mol. The summed E-state index contributed by atoms with van der Waals surface area (Å²) in [7, 11) is 2.88. The molecule has 0 spiro atoms. The Hall–Kier alpha value is -0.350. The van der Waals surface area contributed by atoms with E-state index in [1.807, 2.05) is 0 Å². The van der Waals surface area contributed by atoms with E-state index in [-0.39, 0.29) is 5.16 Å². The Bertz CT molecular complexity index is 261. The Morgan fingerprint density at radius 3 is 1.75 bits per heavy atom. The summed E-state index contributed by atoms with van der Waals surface area (Å²) in [6, 6.07) is 6.71. The lowest BCUT2D eigenvalue weighted by Crippen LogP contribution is -2.06. The fourth-order valence-electron chi connectivity index (χ4n) is 1.35. The minimum Gasteiger partial charge on any atom is -0.127 e. The molecule has 1 unspecified atom stereocenters. The second kappa shape index (κ2) is 3.18. The molecule has 0 heterocycles. The summed E-state index contributed by atoms with van der Waals surface area (Å²) >= 11 is 0. The second-order valence-electron chi connectivity index (χ2n) is 4.10. The minimum absolute atomic E-state index is 0.191. The predicted molar refractivity (Wildman–Crippen MR) is 58.7 cm³/mol. The van der Waals surface area contributed by atoms with Gasteiger partial charge in [0, 0.05) is 5.16 Å². The van der Waals surface area contributed by atoms with Crippen LogP contribution in [0.4, 0.5) is 0 Å². The zero-order chi connectivity index (χ0) is 9.35. The monoisotopic (exact) mass is 180 g/mol. The third kappa shape index (κ3) is 2.32. The zero-order valence-corrected chi connectivity index (χ0v) is 9.46. The van der Waals surface area contributed by atoms with Crippen LogP contribution in [0.5, 0.6) is 0 Å². The molecule has 1 aromatic carbocycles. The molecule has 1 aromatic rings. The van der Waals surface area contributed by atoms with Gasteiger partial charge in [0.1, 0.15) is 0 Å². The van der Waals surface area contributed by atoms with Gasteiger partial charge in [-0.25, -0.2) is 0 Å². The van der Waals surface area contributed by atoms with Crippen molar-refractivity contribution >= 4 is 9.24 Å². The molecule has 0 saturated carbocycles. The summed E-state index contributed by atoms with van der Waals surface area (Å²) in [5.41, 5.74) is 4.09. The van der Waals surface area contributed by atoms with Crippen molar-refractivity contribution in [2.75, 3.05) is 0 Å². The van der Waals surface area contributed by atoms with E-state index in [1.165, 1.54) is 16.7 Å². The van der Waals surface area contributed by atoms with E-state index in [0.717, 1.165) is 0 Å². The van der Waals surface area contributed by atoms with Gasteiger partial charge in [-0.3, -0.25) is 0 Å². The number of benzene rings is 1. The third-order valence-electron chi connectivity index (χ3n) is 1.97. The van der Waals surface area contributed by atoms with Crippen molar-refractivity contribution in [1.82, 2.24) is 0 Å². The fourth-order valence-corrected chi connectivity index (χ4v) is 1.51. The highest BCUT2D eigenvalue weighted by atomic mass is 31.0. The maximum Gasteiger partial charge on any atom is 0.00415 e. The average Bonchev–Trinajstić information content (AvgIpc) is 1.82. The quantitative estimate of drug-likeness (QED) is 0.581. The van der Waals surface area contributed by atoms with Gasteiger partial charge in [-0.2, -0.15) is 0 Å². The van der Waals surface area contributed by atoms with E-state index in [4.69, 9.17) is 0 Å². The summed E-state index contributed by atoms with van der Waals surface area (Å²) < 4.78 is 0. The van der Waals surface area contributed by atoms with Gasteiger partial charge in [0.25, 0.3) is 0 Å². The van der Waals surface area contributed by atoms with Gasteiger partial charge >= 0.3 is 0 Å². The summed E-state index contributed by atoms with van der Waals surface area (Å²) in [6.45, 7) is 8.72. The molecule has 0 bridgehead atoms. The molecule has 0 aliphatic heterocycles. The summed E-state index contributed by atoms with van der Waals surface area (Å²) in [5.74, 6) is 0. The van der Waals surface area contributed by atoms with Crippen LogP contribution in [-0.2, 0) is 5.16 Å². The van der Waals surface area contributed by atoms with E-state index in [9.17, 15) is 0 Å². The zero-order valence-electron chi connectivity index (χ0n) is 8.31. The lowest BCUT2D eigenvalue weighted by atomic mass is 9.98. The molecule has 0 aliphatic carbocycles. The Balaban J connectivity index is 3.18. The molecule has 0 aliphatic rings. The van der Waals surface area contributed by atoms with Crippen molar-refractivity contribution in [3.8, 4) is 0 Å². The van der Waals surface area contributed by atoms with Gasteiger partial charge in [0.15, 0.2) is 0 Å². The Kier molecular flexibility index (Phi) is 2.58. The van der Waals surface area contributed by atoms with Gasteiger partial charge in [-0.05, 0) is 19.4 Å². The first-order chi connectivity index (χ1) is 5.39. The SMILES string of the molecule is Cc1cc(C)cc(C(C)(C)P)c1. The molecule has 0 radical (unpaired) electrons. The predicted octanol–water partition coefficient (Wildman–Crippen LogP) is 3.41. The highest BCUT2D eigenvalue weighted by molar-refractivity contribution is 7.18. The van der Waals surface area contributed by atoms with Crippen molar-refractivity contribution < 1.29 is 0 Å². The molecule has 0 amide bonds. The molecular weight excluding hydrogens is 163 g/mol. The minimum atomic E-state index is 0.191. The molecule has 1 heteroatoms. The smallest absolute Gasteiger partial charge is 0.00415 e. The van der Waals surface area contributed by atoms with Crippen molar-refractivity contribution in [1.29, 1.82) is 0 Å². The first-order valence-corrected chi connectivity index (χ1v) is 4.85. The van der Waals surface area contributed by atoms with Crippen LogP contribution in [0.15, 0.2) is 18.2 Å². The Morgan fingerprint density at radius 1 is 1.00 bits per heavy atom. The maximum absolute atomic E-state index is 2.88. The van der Waals surface area contributed by atoms with Crippen LogP contribution < -0.4 is 0 Å². The number of rotatable bonds is 1. The van der Waals surface area contributed by atoms with Crippen LogP contribution >= 0.6 is 9.24 Å². The first-order valence-electron chi connectivity index (χ1n) is 4.27. The van der Waals surface area contributed by atoms with Crippen LogP contribution in [0.3, 0.4) is 0 Å². The largest absolute Gasteiger partial charge is 0.127 e. The van der Waals surface area contributed by atoms with Gasteiger partial charge in [-0.15, -0.1) is 9.24 Å². The third-order valence-corrected chi connectivity index (χ3v) is 2.30. The molecular formula is C11H17P. The van der Waals surface area contributed by atoms with Crippen LogP contribution in [0.25, 0.3) is 0 Å². The van der Waals surface area contributed by atoms with E-state index < -0.39 is 0 Å². The number of hydrogen-bond acceptors (Lipinski definition) is 0. The Morgan fingerprint density at radius 2 is 1.42 bits per heavy atom. The van der Waals surface area contributed by atoms with Crippen LogP contribution in [0, 0.1) is 13.8 Å². The number of hydrogen-bond donors (Lipinski definition) is 0. The van der Waals surface area contributed by atoms with Crippen LogP contribution in [0.2, 0.25) is 0 Å². The molecule has 12 heavy (non-hydrogen) atoms. The molecule has 1 atom stereocenters. The first kappa shape index (κ1) is 9.74. The topological polar surface area (TPSA) is 0 Å². The highest BCUT2D eigenvalue weighted by Crippen LogP contribution is 2.31. The fraction of sp³-hybridized carbons (Fsp3) is 0.455. The van der Waals surface area contributed by atoms with E-state index >= 15 is 0 Å². The normalized spacial score (nSPS) is 11.8. The molecule has 0 saturated heterocycles. The van der Waals surface area contributed by atoms with Crippen LogP contribution in [-0.4, -0.2) is 0 Å². The summed E-state index contributed by atoms with van der Waals surface area (Å²) in [5, 5.41) is 0.191.